The van der Waals surface area contributed by atoms with Crippen LogP contribution in [0, 0.1) is 0 Å². The first-order valence-corrected chi connectivity index (χ1v) is 15.8. The Morgan fingerprint density at radius 1 is 0.622 bits per heavy atom. The number of rotatable bonds is 3. The van der Waals surface area contributed by atoms with Crippen molar-refractivity contribution in [2.75, 3.05) is 0 Å². The van der Waals surface area contributed by atoms with Gasteiger partial charge in [-0.3, -0.25) is 0 Å². The Labute approximate surface area is 213 Å². The Kier molecular flexibility index (Phi) is 6.16. The first-order valence-electron chi connectivity index (χ1n) is 10.5. The fourth-order valence-corrected chi connectivity index (χ4v) is 18.7. The van der Waals surface area contributed by atoms with Gasteiger partial charge >= 0.3 is 214 Å². The number of hydrogen-bond donors (Lipinski definition) is 0. The van der Waals surface area contributed by atoms with Gasteiger partial charge in [-0.25, -0.2) is 0 Å². The third-order valence-electron chi connectivity index (χ3n) is 6.10. The van der Waals surface area contributed by atoms with Crippen molar-refractivity contribution in [3.8, 4) is 0 Å². The number of alkyl halides is 9. The molecule has 2 nitrogen and oxygen atoms in total. The molecule has 1 fully saturated rings. The van der Waals surface area contributed by atoms with Gasteiger partial charge in [0.05, 0.1) is 0 Å². The van der Waals surface area contributed by atoms with Crippen LogP contribution in [-0.2, 0) is 17.4 Å². The molecule has 13 heteroatoms. The molecule has 2 aliphatic heterocycles. The molecule has 3 aromatic carbocycles. The van der Waals surface area contributed by atoms with Crippen molar-refractivity contribution in [2.45, 2.75) is 37.9 Å². The van der Waals surface area contributed by atoms with Gasteiger partial charge in [0.25, 0.3) is 0 Å². The summed E-state index contributed by atoms with van der Waals surface area (Å²) in [6.45, 7) is 0. The Morgan fingerprint density at radius 3 is 1.68 bits per heavy atom. The van der Waals surface area contributed by atoms with Crippen molar-refractivity contribution in [1.29, 1.82) is 0 Å². The normalized spacial score (nSPS) is 28.8. The van der Waals surface area contributed by atoms with Gasteiger partial charge in [0, 0.05) is 0 Å². The molecule has 0 aromatic heterocycles. The quantitative estimate of drug-likeness (QED) is 0.225. The van der Waals surface area contributed by atoms with Crippen molar-refractivity contribution in [2.24, 2.45) is 0 Å². The standard InChI is InChI=1S/C24H15F9O2STe/c25-22(26,27)20(15-9-3-1-4-10-15)19(36-16-11-5-2-6-12-16)37(34-20)18-14-8-7-13-17(18)21(35-37,23(28,29)30)24(31,32)33/h1-14,19H. The molecule has 0 N–H and O–H groups in total. The number of thioether (sulfide) groups is 1. The minimum absolute atomic E-state index is 0.212. The fraction of sp³-hybridized carbons (Fsp3) is 0.250. The molecule has 0 bridgehead atoms. The molecule has 0 amide bonds. The average Bonchev–Trinajstić information content (AvgIpc) is 3.16. The molecule has 3 aromatic rings. The van der Waals surface area contributed by atoms with E-state index in [1.807, 2.05) is 0 Å². The summed E-state index contributed by atoms with van der Waals surface area (Å²) in [5.41, 5.74) is -9.73. The second-order valence-electron chi connectivity index (χ2n) is 8.25. The maximum absolute atomic E-state index is 14.9. The summed E-state index contributed by atoms with van der Waals surface area (Å²) in [5.74, 6) is 0. The molecule has 37 heavy (non-hydrogen) atoms. The summed E-state index contributed by atoms with van der Waals surface area (Å²) in [7, 11) is 0. The molecule has 3 atom stereocenters. The summed E-state index contributed by atoms with van der Waals surface area (Å²) in [5, 5.41) is 0. The Morgan fingerprint density at radius 2 is 1.14 bits per heavy atom. The van der Waals surface area contributed by atoms with Crippen LogP contribution >= 0.6 is 11.8 Å². The van der Waals surface area contributed by atoms with Crippen LogP contribution in [0.25, 0.3) is 0 Å². The third kappa shape index (κ3) is 3.65. The summed E-state index contributed by atoms with van der Waals surface area (Å²) in [4.78, 5) is 0.212. The van der Waals surface area contributed by atoms with Crippen LogP contribution in [0.2, 0.25) is 0 Å². The SMILES string of the molecule is FC(F)(F)C1(c2ccccc2)O[Te]2(OC(C(F)(F)F)(C(F)(F)F)c3ccccc32)C1Sc1ccccc1. The van der Waals surface area contributed by atoms with E-state index in [0.717, 1.165) is 24.3 Å². The topological polar surface area (TPSA) is 18.5 Å². The molecule has 2 heterocycles. The van der Waals surface area contributed by atoms with Crippen molar-refractivity contribution >= 4 is 34.4 Å². The van der Waals surface area contributed by atoms with E-state index in [2.05, 4.69) is 0 Å². The number of hydrogen-bond acceptors (Lipinski definition) is 3. The molecular weight excluding hydrogens is 651 g/mol. The van der Waals surface area contributed by atoms with Crippen LogP contribution in [0.15, 0.2) is 89.8 Å². The third-order valence-corrected chi connectivity index (χ3v) is 17.9. The van der Waals surface area contributed by atoms with Crippen LogP contribution < -0.4 is 3.61 Å². The zero-order chi connectivity index (χ0) is 26.9. The minimum atomic E-state index is -6.02. The number of fused-ring (bicyclic) bond motifs is 2. The molecule has 0 saturated carbocycles. The van der Waals surface area contributed by atoms with Gasteiger partial charge in [0.15, 0.2) is 0 Å². The van der Waals surface area contributed by atoms with Gasteiger partial charge in [-0.05, 0) is 0 Å². The second kappa shape index (κ2) is 8.55. The molecule has 0 radical (unpaired) electrons. The van der Waals surface area contributed by atoms with Gasteiger partial charge in [-0.2, -0.15) is 0 Å². The van der Waals surface area contributed by atoms with E-state index in [1.165, 1.54) is 48.5 Å². The van der Waals surface area contributed by atoms with E-state index in [-0.39, 0.29) is 4.90 Å². The fourth-order valence-electron chi connectivity index (χ4n) is 4.50. The van der Waals surface area contributed by atoms with Crippen LogP contribution in [0.5, 0.6) is 0 Å². The second-order valence-corrected chi connectivity index (χ2v) is 17.0. The number of halogens is 9. The molecule has 1 saturated heterocycles. The van der Waals surface area contributed by atoms with Crippen molar-refractivity contribution in [3.63, 3.8) is 0 Å². The van der Waals surface area contributed by atoms with Crippen molar-refractivity contribution in [3.05, 3.63) is 96.1 Å². The van der Waals surface area contributed by atoms with E-state index in [1.54, 1.807) is 6.07 Å². The molecular formula is C24H15F9O2STe. The van der Waals surface area contributed by atoms with Gasteiger partial charge in [-0.1, -0.05) is 0 Å². The van der Waals surface area contributed by atoms with E-state index in [9.17, 15) is 39.5 Å². The van der Waals surface area contributed by atoms with Crippen molar-refractivity contribution < 1.29 is 45.7 Å². The Balaban J connectivity index is 1.79. The van der Waals surface area contributed by atoms with Crippen LogP contribution in [-0.4, -0.2) is 40.8 Å². The Bertz CT molecular complexity index is 1280. The van der Waals surface area contributed by atoms with Crippen LogP contribution in [0.4, 0.5) is 39.5 Å². The summed E-state index contributed by atoms with van der Waals surface area (Å²) in [6.07, 6.45) is -17.2. The molecule has 3 unspecified atom stereocenters. The zero-order valence-corrected chi connectivity index (χ0v) is 21.3. The molecule has 2 aliphatic rings. The zero-order valence-electron chi connectivity index (χ0n) is 18.2. The van der Waals surface area contributed by atoms with Gasteiger partial charge in [-0.15, -0.1) is 0 Å². The predicted molar refractivity (Wildman–Crippen MR) is 118 cm³/mol. The molecule has 5 rings (SSSR count). The van der Waals surface area contributed by atoms with E-state index in [4.69, 9.17) is 6.20 Å². The van der Waals surface area contributed by atoms with E-state index in [0.29, 0.717) is 17.8 Å². The average molecular weight is 666 g/mol. The van der Waals surface area contributed by atoms with Crippen molar-refractivity contribution in [1.82, 2.24) is 0 Å². The first-order chi connectivity index (χ1) is 17.2. The van der Waals surface area contributed by atoms with Gasteiger partial charge in [0.2, 0.25) is 0 Å². The van der Waals surface area contributed by atoms with E-state index >= 15 is 0 Å². The predicted octanol–water partition coefficient (Wildman–Crippen LogP) is 6.87. The monoisotopic (exact) mass is 668 g/mol. The molecule has 1 spiro atoms. The van der Waals surface area contributed by atoms with Gasteiger partial charge in [0.1, 0.15) is 0 Å². The summed E-state index contributed by atoms with van der Waals surface area (Å²) < 4.78 is 138. The summed E-state index contributed by atoms with van der Waals surface area (Å²) >= 11 is -5.33. The molecule has 198 valence electrons. The maximum atomic E-state index is 14.9. The van der Waals surface area contributed by atoms with Gasteiger partial charge < -0.3 is 0 Å². The first kappa shape index (κ1) is 26.7. The Hall–Kier alpha value is -1.91. The van der Waals surface area contributed by atoms with Crippen LogP contribution in [0.1, 0.15) is 11.1 Å². The summed E-state index contributed by atoms with van der Waals surface area (Å²) in [6, 6.07) is 17.3. The molecule has 0 aliphatic carbocycles. The van der Waals surface area contributed by atoms with Crippen LogP contribution in [0.3, 0.4) is 0 Å². The number of benzene rings is 3. The van der Waals surface area contributed by atoms with E-state index < -0.39 is 66.8 Å².